The molecule has 0 radical (unpaired) electrons. The zero-order valence-corrected chi connectivity index (χ0v) is 17.2. The van der Waals surface area contributed by atoms with Crippen LogP contribution in [0.15, 0.2) is 103 Å². The summed E-state index contributed by atoms with van der Waals surface area (Å²) in [4.78, 5) is 0. The van der Waals surface area contributed by atoms with E-state index in [4.69, 9.17) is 14.2 Å². The highest BCUT2D eigenvalue weighted by atomic mass is 79.9. The predicted molar refractivity (Wildman–Crippen MR) is 119 cm³/mol. The van der Waals surface area contributed by atoms with Crippen molar-refractivity contribution < 1.29 is 14.2 Å². The van der Waals surface area contributed by atoms with Gasteiger partial charge in [0.15, 0.2) is 11.5 Å². The summed E-state index contributed by atoms with van der Waals surface area (Å²) >= 11 is 3.56. The fourth-order valence-electron chi connectivity index (χ4n) is 2.81. The lowest BCUT2D eigenvalue weighted by molar-refractivity contribution is 0.384. The summed E-state index contributed by atoms with van der Waals surface area (Å²) in [6.07, 6.45) is 0. The Bertz CT molecular complexity index is 1050. The van der Waals surface area contributed by atoms with Gasteiger partial charge in [-0.1, -0.05) is 76.6 Å². The van der Waals surface area contributed by atoms with Gasteiger partial charge >= 0.3 is 0 Å². The van der Waals surface area contributed by atoms with Crippen molar-refractivity contribution in [2.24, 2.45) is 0 Å². The molecule has 29 heavy (non-hydrogen) atoms. The molecule has 0 spiro atoms. The average molecular weight is 447 g/mol. The molecule has 0 fully saturated rings. The summed E-state index contributed by atoms with van der Waals surface area (Å²) in [5.41, 5.74) is 0.959. The van der Waals surface area contributed by atoms with E-state index >= 15 is 0 Å². The van der Waals surface area contributed by atoms with E-state index in [2.05, 4.69) is 15.9 Å². The molecule has 0 saturated carbocycles. The van der Waals surface area contributed by atoms with E-state index in [1.165, 1.54) is 0 Å². The maximum Gasteiger partial charge on any atom is 0.212 e. The molecule has 144 valence electrons. The fraction of sp³-hybridized carbons (Fsp3) is 0.0400. The van der Waals surface area contributed by atoms with Crippen LogP contribution in [0.25, 0.3) is 0 Å². The molecule has 0 N–H and O–H groups in total. The van der Waals surface area contributed by atoms with Crippen LogP contribution >= 0.6 is 15.9 Å². The van der Waals surface area contributed by atoms with Crippen molar-refractivity contribution in [1.82, 2.24) is 0 Å². The van der Waals surface area contributed by atoms with Gasteiger partial charge in [0.25, 0.3) is 0 Å². The molecule has 0 saturated heterocycles. The van der Waals surface area contributed by atoms with Gasteiger partial charge in [-0.25, -0.2) is 0 Å². The monoisotopic (exact) mass is 446 g/mol. The van der Waals surface area contributed by atoms with Gasteiger partial charge in [-0.05, 0) is 42.5 Å². The van der Waals surface area contributed by atoms with Gasteiger partial charge in [0, 0.05) is 10.9 Å². The summed E-state index contributed by atoms with van der Waals surface area (Å²) in [6.45, 7) is 0. The zero-order chi connectivity index (χ0) is 19.9. The molecule has 0 amide bonds. The molecule has 4 aromatic carbocycles. The molecule has 4 rings (SSSR count). The van der Waals surface area contributed by atoms with Crippen LogP contribution in [0, 0.1) is 0 Å². The summed E-state index contributed by atoms with van der Waals surface area (Å²) in [6, 6.07) is 32.8. The number of ether oxygens (including phenoxy) is 3. The van der Waals surface area contributed by atoms with E-state index < -0.39 is 0 Å². The molecule has 0 atom stereocenters. The Balaban J connectivity index is 1.80. The van der Waals surface area contributed by atoms with Crippen LogP contribution in [0.5, 0.6) is 34.5 Å². The number of rotatable bonds is 7. The van der Waals surface area contributed by atoms with Gasteiger partial charge in [0.2, 0.25) is 5.75 Å². The number of alkyl halides is 1. The number of para-hydroxylation sites is 3. The van der Waals surface area contributed by atoms with Crippen LogP contribution in [0.3, 0.4) is 0 Å². The van der Waals surface area contributed by atoms with Gasteiger partial charge in [-0.15, -0.1) is 0 Å². The van der Waals surface area contributed by atoms with Crippen molar-refractivity contribution in [2.75, 3.05) is 0 Å². The quantitative estimate of drug-likeness (QED) is 0.269. The van der Waals surface area contributed by atoms with Crippen molar-refractivity contribution in [3.05, 3.63) is 109 Å². The largest absolute Gasteiger partial charge is 0.453 e. The van der Waals surface area contributed by atoms with E-state index in [9.17, 15) is 0 Å². The molecule has 4 heteroatoms. The molecule has 0 aliphatic rings. The van der Waals surface area contributed by atoms with Crippen molar-refractivity contribution in [1.29, 1.82) is 0 Å². The molecular weight excluding hydrogens is 428 g/mol. The van der Waals surface area contributed by atoms with Crippen LogP contribution in [0.1, 0.15) is 5.56 Å². The first-order valence-corrected chi connectivity index (χ1v) is 10.4. The second kappa shape index (κ2) is 9.30. The smallest absolute Gasteiger partial charge is 0.212 e. The van der Waals surface area contributed by atoms with Gasteiger partial charge in [-0.2, -0.15) is 0 Å². The van der Waals surface area contributed by atoms with Crippen LogP contribution in [0.4, 0.5) is 0 Å². The van der Waals surface area contributed by atoms with Gasteiger partial charge in [0.05, 0.1) is 0 Å². The highest BCUT2D eigenvalue weighted by Gasteiger charge is 2.20. The maximum absolute atomic E-state index is 6.26. The molecule has 3 nitrogen and oxygen atoms in total. The molecule has 4 aromatic rings. The lowest BCUT2D eigenvalue weighted by Gasteiger charge is -2.19. The highest BCUT2D eigenvalue weighted by Crippen LogP contribution is 2.46. The topological polar surface area (TPSA) is 27.7 Å². The number of hydrogen-bond acceptors (Lipinski definition) is 3. The van der Waals surface area contributed by atoms with E-state index in [-0.39, 0.29) is 0 Å². The van der Waals surface area contributed by atoms with E-state index in [1.54, 1.807) is 0 Å². The zero-order valence-electron chi connectivity index (χ0n) is 15.6. The Hall–Kier alpha value is -3.24. The second-order valence-electron chi connectivity index (χ2n) is 6.26. The second-order valence-corrected chi connectivity index (χ2v) is 6.82. The van der Waals surface area contributed by atoms with Gasteiger partial charge in [-0.3, -0.25) is 0 Å². The fourth-order valence-corrected chi connectivity index (χ4v) is 3.25. The molecule has 0 aromatic heterocycles. The molecular formula is C25H19BrO3. The number of halogens is 1. The van der Waals surface area contributed by atoms with Crippen molar-refractivity contribution in [2.45, 2.75) is 5.33 Å². The molecule has 0 bridgehead atoms. The standard InChI is InChI=1S/C25H19BrO3/c26-18-19-16-17-23(27-20-10-4-1-5-11-20)25(29-22-14-8-3-9-15-22)24(19)28-21-12-6-2-7-13-21/h1-17H,18H2. The Labute approximate surface area is 178 Å². The first kappa shape index (κ1) is 19.1. The SMILES string of the molecule is BrCc1ccc(Oc2ccccc2)c(Oc2ccccc2)c1Oc1ccccc1. The van der Waals surface area contributed by atoms with E-state index in [0.717, 1.165) is 17.1 Å². The normalized spacial score (nSPS) is 10.4. The first-order chi connectivity index (χ1) is 14.3. The van der Waals surface area contributed by atoms with Gasteiger partial charge in [0.1, 0.15) is 17.2 Å². The van der Waals surface area contributed by atoms with Crippen LogP contribution < -0.4 is 14.2 Å². The minimum absolute atomic E-state index is 0.529. The first-order valence-electron chi connectivity index (χ1n) is 9.24. The summed E-state index contributed by atoms with van der Waals surface area (Å²) in [7, 11) is 0. The minimum atomic E-state index is 0.529. The predicted octanol–water partition coefficient (Wildman–Crippen LogP) is 7.96. The van der Waals surface area contributed by atoms with Gasteiger partial charge < -0.3 is 14.2 Å². The Morgan fingerprint density at radius 1 is 0.483 bits per heavy atom. The maximum atomic E-state index is 6.26. The molecule has 0 heterocycles. The third kappa shape index (κ3) is 4.79. The third-order valence-corrected chi connectivity index (χ3v) is 4.80. The number of hydrogen-bond donors (Lipinski definition) is 0. The minimum Gasteiger partial charge on any atom is -0.453 e. The Morgan fingerprint density at radius 2 is 0.931 bits per heavy atom. The number of benzene rings is 4. The van der Waals surface area contributed by atoms with Crippen LogP contribution in [-0.4, -0.2) is 0 Å². The summed E-state index contributed by atoms with van der Waals surface area (Å²) < 4.78 is 18.6. The van der Waals surface area contributed by atoms with E-state index in [1.807, 2.05) is 103 Å². The third-order valence-electron chi connectivity index (χ3n) is 4.20. The summed E-state index contributed by atoms with van der Waals surface area (Å²) in [5, 5.41) is 0.617. The highest BCUT2D eigenvalue weighted by molar-refractivity contribution is 9.08. The van der Waals surface area contributed by atoms with Crippen molar-refractivity contribution in [3.8, 4) is 34.5 Å². The van der Waals surface area contributed by atoms with E-state index in [0.29, 0.717) is 28.3 Å². The van der Waals surface area contributed by atoms with Crippen molar-refractivity contribution >= 4 is 15.9 Å². The van der Waals surface area contributed by atoms with Crippen LogP contribution in [0.2, 0.25) is 0 Å². The molecule has 0 unspecified atom stereocenters. The van der Waals surface area contributed by atoms with Crippen LogP contribution in [-0.2, 0) is 5.33 Å². The Kier molecular flexibility index (Phi) is 6.13. The molecule has 0 aliphatic carbocycles. The van der Waals surface area contributed by atoms with Crippen molar-refractivity contribution in [3.63, 3.8) is 0 Å². The summed E-state index contributed by atoms with van der Waals surface area (Å²) in [5.74, 6) is 3.88. The lowest BCUT2D eigenvalue weighted by atomic mass is 10.2. The molecule has 0 aliphatic heterocycles. The Morgan fingerprint density at radius 3 is 1.41 bits per heavy atom. The lowest BCUT2D eigenvalue weighted by Crippen LogP contribution is -1.97. The average Bonchev–Trinajstić information content (AvgIpc) is 2.78.